The summed E-state index contributed by atoms with van der Waals surface area (Å²) < 4.78 is 0. The molecule has 2 saturated heterocycles. The van der Waals surface area contributed by atoms with Gasteiger partial charge >= 0.3 is 0 Å². The SMILES string of the molecule is CCN1CCCC1C1CCCN1C(=O)C1CC=CCC1. The molecule has 0 aromatic rings. The molecule has 3 unspecified atom stereocenters. The normalized spacial score (nSPS) is 34.9. The molecule has 0 aromatic heterocycles. The van der Waals surface area contributed by atoms with Crippen LogP contribution in [0.4, 0.5) is 0 Å². The zero-order chi connectivity index (χ0) is 13.9. The maximum Gasteiger partial charge on any atom is 0.226 e. The maximum atomic E-state index is 12.8. The van der Waals surface area contributed by atoms with Crippen molar-refractivity contribution in [2.75, 3.05) is 19.6 Å². The third-order valence-electron chi connectivity index (χ3n) is 5.47. The fraction of sp³-hybridized carbons (Fsp3) is 0.824. The summed E-state index contributed by atoms with van der Waals surface area (Å²) >= 11 is 0. The summed E-state index contributed by atoms with van der Waals surface area (Å²) in [4.78, 5) is 17.7. The molecule has 0 aromatic carbocycles. The van der Waals surface area contributed by atoms with Crippen molar-refractivity contribution in [1.29, 1.82) is 0 Å². The van der Waals surface area contributed by atoms with E-state index in [4.69, 9.17) is 0 Å². The summed E-state index contributed by atoms with van der Waals surface area (Å²) in [6.07, 6.45) is 12.5. The van der Waals surface area contributed by atoms with E-state index in [2.05, 4.69) is 28.9 Å². The molecule has 0 N–H and O–H groups in total. The predicted octanol–water partition coefficient (Wildman–Crippen LogP) is 2.82. The Morgan fingerprint density at radius 2 is 1.90 bits per heavy atom. The predicted molar refractivity (Wildman–Crippen MR) is 81.5 cm³/mol. The lowest BCUT2D eigenvalue weighted by atomic mass is 9.92. The Balaban J connectivity index is 1.68. The van der Waals surface area contributed by atoms with Gasteiger partial charge in [-0.2, -0.15) is 0 Å². The monoisotopic (exact) mass is 276 g/mol. The molecule has 0 radical (unpaired) electrons. The minimum atomic E-state index is 0.261. The topological polar surface area (TPSA) is 23.6 Å². The summed E-state index contributed by atoms with van der Waals surface area (Å²) in [6.45, 7) is 5.62. The zero-order valence-corrected chi connectivity index (χ0v) is 12.8. The van der Waals surface area contributed by atoms with Gasteiger partial charge in [-0.3, -0.25) is 9.69 Å². The maximum absolute atomic E-state index is 12.8. The summed E-state index contributed by atoms with van der Waals surface area (Å²) in [7, 11) is 0. The molecule has 0 bridgehead atoms. The van der Waals surface area contributed by atoms with Crippen molar-refractivity contribution in [3.8, 4) is 0 Å². The smallest absolute Gasteiger partial charge is 0.226 e. The second-order valence-electron chi connectivity index (χ2n) is 6.56. The van der Waals surface area contributed by atoms with E-state index in [9.17, 15) is 4.79 Å². The van der Waals surface area contributed by atoms with E-state index >= 15 is 0 Å². The van der Waals surface area contributed by atoms with Crippen LogP contribution in [0, 0.1) is 5.92 Å². The van der Waals surface area contributed by atoms with Crippen molar-refractivity contribution in [3.05, 3.63) is 12.2 Å². The molecule has 3 atom stereocenters. The Labute approximate surface area is 123 Å². The number of hydrogen-bond donors (Lipinski definition) is 0. The van der Waals surface area contributed by atoms with Crippen LogP contribution in [-0.2, 0) is 4.79 Å². The molecule has 3 rings (SSSR count). The van der Waals surface area contributed by atoms with Crippen molar-refractivity contribution in [3.63, 3.8) is 0 Å². The van der Waals surface area contributed by atoms with Crippen LogP contribution in [0.1, 0.15) is 51.9 Å². The third kappa shape index (κ3) is 2.65. The highest BCUT2D eigenvalue weighted by Crippen LogP contribution is 2.32. The Morgan fingerprint density at radius 1 is 1.10 bits per heavy atom. The second-order valence-corrected chi connectivity index (χ2v) is 6.56. The molecule has 2 fully saturated rings. The lowest BCUT2D eigenvalue weighted by Crippen LogP contribution is -2.49. The molecule has 112 valence electrons. The Morgan fingerprint density at radius 3 is 2.65 bits per heavy atom. The number of nitrogens with zero attached hydrogens (tertiary/aromatic N) is 2. The van der Waals surface area contributed by atoms with Gasteiger partial charge in [0, 0.05) is 24.5 Å². The minimum absolute atomic E-state index is 0.261. The fourth-order valence-electron chi connectivity index (χ4n) is 4.40. The Hall–Kier alpha value is -0.830. The Bertz CT molecular complexity index is 379. The first-order valence-corrected chi connectivity index (χ1v) is 8.50. The van der Waals surface area contributed by atoms with Crippen molar-refractivity contribution < 1.29 is 4.79 Å². The van der Waals surface area contributed by atoms with Gasteiger partial charge in [-0.15, -0.1) is 0 Å². The number of hydrogen-bond acceptors (Lipinski definition) is 2. The molecule has 0 saturated carbocycles. The van der Waals surface area contributed by atoms with Crippen LogP contribution >= 0.6 is 0 Å². The highest BCUT2D eigenvalue weighted by atomic mass is 16.2. The van der Waals surface area contributed by atoms with Gasteiger partial charge in [0.15, 0.2) is 0 Å². The van der Waals surface area contributed by atoms with E-state index in [1.54, 1.807) is 0 Å². The number of likely N-dealkylation sites (tertiary alicyclic amines) is 2. The van der Waals surface area contributed by atoms with Crippen molar-refractivity contribution >= 4 is 5.91 Å². The first-order valence-electron chi connectivity index (χ1n) is 8.50. The third-order valence-corrected chi connectivity index (χ3v) is 5.47. The average Bonchev–Trinajstić information content (AvgIpc) is 3.15. The molecule has 3 heteroatoms. The van der Waals surface area contributed by atoms with Crippen LogP contribution < -0.4 is 0 Å². The van der Waals surface area contributed by atoms with E-state index < -0.39 is 0 Å². The van der Waals surface area contributed by atoms with E-state index in [1.807, 2.05) is 0 Å². The van der Waals surface area contributed by atoms with E-state index in [0.717, 1.165) is 32.4 Å². The quantitative estimate of drug-likeness (QED) is 0.740. The van der Waals surface area contributed by atoms with Crippen LogP contribution in [0.5, 0.6) is 0 Å². The number of carbonyl (C=O) groups is 1. The van der Waals surface area contributed by atoms with Crippen LogP contribution in [0.3, 0.4) is 0 Å². The summed E-state index contributed by atoms with van der Waals surface area (Å²) in [6, 6.07) is 1.13. The van der Waals surface area contributed by atoms with Gasteiger partial charge in [-0.25, -0.2) is 0 Å². The lowest BCUT2D eigenvalue weighted by molar-refractivity contribution is -0.137. The van der Waals surface area contributed by atoms with E-state index in [-0.39, 0.29) is 5.92 Å². The minimum Gasteiger partial charge on any atom is -0.338 e. The molecule has 1 amide bonds. The van der Waals surface area contributed by atoms with Crippen LogP contribution in [0.2, 0.25) is 0 Å². The van der Waals surface area contributed by atoms with Gasteiger partial charge in [-0.1, -0.05) is 19.1 Å². The molecule has 20 heavy (non-hydrogen) atoms. The first-order chi connectivity index (χ1) is 9.81. The van der Waals surface area contributed by atoms with Crippen LogP contribution in [-0.4, -0.2) is 47.4 Å². The number of carbonyl (C=O) groups excluding carboxylic acids is 1. The first kappa shape index (κ1) is 14.1. The molecular weight excluding hydrogens is 248 g/mol. The number of amides is 1. The van der Waals surface area contributed by atoms with Gasteiger partial charge in [0.2, 0.25) is 5.91 Å². The average molecular weight is 276 g/mol. The summed E-state index contributed by atoms with van der Waals surface area (Å²) in [5.41, 5.74) is 0. The molecule has 2 aliphatic heterocycles. The summed E-state index contributed by atoms with van der Waals surface area (Å²) in [5.74, 6) is 0.705. The molecular formula is C17H28N2O. The van der Waals surface area contributed by atoms with Gasteiger partial charge in [-0.05, 0) is 58.0 Å². The Kier molecular flexibility index (Phi) is 4.45. The van der Waals surface area contributed by atoms with E-state index in [0.29, 0.717) is 18.0 Å². The highest BCUT2D eigenvalue weighted by Gasteiger charge is 2.40. The van der Waals surface area contributed by atoms with Crippen LogP contribution in [0.25, 0.3) is 0 Å². The molecule has 3 aliphatic rings. The lowest BCUT2D eigenvalue weighted by Gasteiger charge is -2.36. The second kappa shape index (κ2) is 6.30. The highest BCUT2D eigenvalue weighted by molar-refractivity contribution is 5.80. The van der Waals surface area contributed by atoms with Crippen molar-refractivity contribution in [2.24, 2.45) is 5.92 Å². The van der Waals surface area contributed by atoms with E-state index in [1.165, 1.54) is 32.2 Å². The van der Waals surface area contributed by atoms with Crippen molar-refractivity contribution in [1.82, 2.24) is 9.80 Å². The zero-order valence-electron chi connectivity index (χ0n) is 12.8. The molecule has 1 aliphatic carbocycles. The fourth-order valence-corrected chi connectivity index (χ4v) is 4.40. The number of likely N-dealkylation sites (N-methyl/N-ethyl adjacent to an activating group) is 1. The molecule has 0 spiro atoms. The van der Waals surface area contributed by atoms with Crippen LogP contribution in [0.15, 0.2) is 12.2 Å². The molecule has 2 heterocycles. The number of rotatable bonds is 3. The standard InChI is InChI=1S/C17H28N2O/c1-2-18-12-6-10-15(18)16-11-7-13-19(16)17(20)14-8-4-3-5-9-14/h3-4,14-16H,2,5-13H2,1H3. The largest absolute Gasteiger partial charge is 0.338 e. The van der Waals surface area contributed by atoms with Gasteiger partial charge < -0.3 is 4.90 Å². The van der Waals surface area contributed by atoms with Gasteiger partial charge in [0.05, 0.1) is 0 Å². The molecule has 3 nitrogen and oxygen atoms in total. The van der Waals surface area contributed by atoms with Gasteiger partial charge in [0.25, 0.3) is 0 Å². The van der Waals surface area contributed by atoms with Gasteiger partial charge in [0.1, 0.15) is 0 Å². The summed E-state index contributed by atoms with van der Waals surface area (Å²) in [5, 5.41) is 0. The number of allylic oxidation sites excluding steroid dienone is 2. The van der Waals surface area contributed by atoms with Crippen molar-refractivity contribution in [2.45, 2.75) is 64.0 Å².